The van der Waals surface area contributed by atoms with Crippen molar-refractivity contribution >= 4 is 20.1 Å². The lowest BCUT2D eigenvalue weighted by atomic mass is 10.2. The zero-order valence-electron chi connectivity index (χ0n) is 13.6. The van der Waals surface area contributed by atoms with E-state index in [0.29, 0.717) is 0 Å². The number of carbonyl (C=O) groups excluding carboxylic acids is 2. The Morgan fingerprint density at radius 2 is 1.75 bits per heavy atom. The first-order valence-electron chi connectivity index (χ1n) is 6.62. The highest BCUT2D eigenvalue weighted by molar-refractivity contribution is 6.78. The fourth-order valence-corrected chi connectivity index (χ4v) is 3.77. The van der Waals surface area contributed by atoms with E-state index in [9.17, 15) is 9.59 Å². The molecule has 0 bridgehead atoms. The Bertz CT molecular complexity index is 368. The van der Waals surface area contributed by atoms with Gasteiger partial charge in [-0.15, -0.1) is 6.58 Å². The predicted molar refractivity (Wildman–Crippen MR) is 82.5 cm³/mol. The quantitative estimate of drug-likeness (QED) is 0.482. The number of amides is 1. The number of esters is 1. The first kappa shape index (κ1) is 18.7. The van der Waals surface area contributed by atoms with Crippen LogP contribution in [0.15, 0.2) is 12.7 Å². The van der Waals surface area contributed by atoms with Crippen molar-refractivity contribution in [3.05, 3.63) is 12.7 Å². The van der Waals surface area contributed by atoms with Gasteiger partial charge in [-0.2, -0.15) is 0 Å². The number of rotatable bonds is 5. The number of alkyl carbamates (subject to hydrolysis) is 1. The van der Waals surface area contributed by atoms with Gasteiger partial charge in [-0.25, -0.2) is 9.59 Å². The Labute approximate surface area is 122 Å². The molecule has 2 atom stereocenters. The molecule has 5 nitrogen and oxygen atoms in total. The molecule has 0 saturated carbocycles. The van der Waals surface area contributed by atoms with Gasteiger partial charge in [0.2, 0.25) is 0 Å². The Morgan fingerprint density at radius 1 is 1.25 bits per heavy atom. The molecule has 0 aromatic carbocycles. The van der Waals surface area contributed by atoms with E-state index in [0.717, 1.165) is 0 Å². The molecular formula is C14H27NO4Si. The van der Waals surface area contributed by atoms with Crippen molar-refractivity contribution in [2.24, 2.45) is 0 Å². The van der Waals surface area contributed by atoms with Gasteiger partial charge in [0.05, 0.1) is 15.2 Å². The molecule has 0 aliphatic carbocycles. The number of carbonyl (C=O) groups is 2. The van der Waals surface area contributed by atoms with E-state index in [1.54, 1.807) is 26.8 Å². The summed E-state index contributed by atoms with van der Waals surface area (Å²) in [6, 6.07) is -0.765. The normalized spacial score (nSPS) is 14.9. The number of methoxy groups -OCH3 is 1. The number of hydrogen-bond donors (Lipinski definition) is 1. The predicted octanol–water partition coefficient (Wildman–Crippen LogP) is 2.95. The van der Waals surface area contributed by atoms with E-state index in [2.05, 4.69) is 31.5 Å². The Hall–Kier alpha value is -1.30. The molecule has 116 valence electrons. The van der Waals surface area contributed by atoms with Crippen molar-refractivity contribution in [1.29, 1.82) is 0 Å². The van der Waals surface area contributed by atoms with Gasteiger partial charge in [0.15, 0.2) is 0 Å². The molecule has 20 heavy (non-hydrogen) atoms. The molecule has 0 heterocycles. The monoisotopic (exact) mass is 301 g/mol. The SMILES string of the molecule is C=C[C@H]([C@@H](NC(=O)OC(C)(C)C)C(=O)OC)[Si](C)(C)C. The second-order valence-electron chi connectivity index (χ2n) is 6.77. The van der Waals surface area contributed by atoms with Gasteiger partial charge < -0.3 is 14.8 Å². The Morgan fingerprint density at radius 3 is 2.05 bits per heavy atom. The van der Waals surface area contributed by atoms with Crippen molar-refractivity contribution in [1.82, 2.24) is 5.32 Å². The molecule has 0 spiro atoms. The van der Waals surface area contributed by atoms with E-state index >= 15 is 0 Å². The first-order chi connectivity index (χ1) is 8.92. The molecule has 0 aromatic heterocycles. The van der Waals surface area contributed by atoms with Gasteiger partial charge >= 0.3 is 12.1 Å². The summed E-state index contributed by atoms with van der Waals surface area (Å²) < 4.78 is 9.98. The van der Waals surface area contributed by atoms with Crippen molar-refractivity contribution in [3.8, 4) is 0 Å². The molecule has 0 fully saturated rings. The molecule has 0 radical (unpaired) electrons. The Kier molecular flexibility index (Phi) is 6.47. The van der Waals surface area contributed by atoms with E-state index < -0.39 is 31.8 Å². The average Bonchev–Trinajstić information content (AvgIpc) is 2.23. The highest BCUT2D eigenvalue weighted by Gasteiger charge is 2.38. The van der Waals surface area contributed by atoms with Gasteiger partial charge in [-0.05, 0) is 20.8 Å². The second-order valence-corrected chi connectivity index (χ2v) is 12.2. The van der Waals surface area contributed by atoms with Gasteiger partial charge in [0.25, 0.3) is 0 Å². The van der Waals surface area contributed by atoms with Crippen LogP contribution in [0.1, 0.15) is 20.8 Å². The fraction of sp³-hybridized carbons (Fsp3) is 0.714. The number of nitrogens with one attached hydrogen (secondary N) is 1. The largest absolute Gasteiger partial charge is 0.467 e. The van der Waals surface area contributed by atoms with Gasteiger partial charge in [-0.1, -0.05) is 25.7 Å². The molecule has 0 rings (SSSR count). The summed E-state index contributed by atoms with van der Waals surface area (Å²) in [4.78, 5) is 23.8. The van der Waals surface area contributed by atoms with E-state index in [4.69, 9.17) is 9.47 Å². The molecule has 0 saturated heterocycles. The van der Waals surface area contributed by atoms with Crippen LogP contribution < -0.4 is 5.32 Å². The summed E-state index contributed by atoms with van der Waals surface area (Å²) >= 11 is 0. The molecule has 1 amide bonds. The van der Waals surface area contributed by atoms with Crippen LogP contribution in [-0.4, -0.2) is 38.9 Å². The standard InChI is InChI=1S/C14H27NO4Si/c1-9-10(20(6,7)8)11(12(16)18-5)15-13(17)19-14(2,3)4/h9-11H,1H2,2-8H3,(H,15,17)/t10-,11-/m1/s1. The van der Waals surface area contributed by atoms with Crippen molar-refractivity contribution in [2.45, 2.75) is 57.6 Å². The van der Waals surface area contributed by atoms with Crippen molar-refractivity contribution in [3.63, 3.8) is 0 Å². The lowest BCUT2D eigenvalue weighted by molar-refractivity contribution is -0.143. The van der Waals surface area contributed by atoms with Crippen LogP contribution in [-0.2, 0) is 14.3 Å². The topological polar surface area (TPSA) is 64.6 Å². The van der Waals surface area contributed by atoms with E-state index in [1.165, 1.54) is 7.11 Å². The summed E-state index contributed by atoms with van der Waals surface area (Å²) in [5.41, 5.74) is -0.754. The molecular weight excluding hydrogens is 274 g/mol. The minimum atomic E-state index is -1.74. The number of ether oxygens (including phenoxy) is 2. The Balaban J connectivity index is 5.13. The summed E-state index contributed by atoms with van der Waals surface area (Å²) in [6.45, 7) is 15.4. The summed E-state index contributed by atoms with van der Waals surface area (Å²) in [7, 11) is -0.441. The molecule has 0 aliphatic heterocycles. The smallest absolute Gasteiger partial charge is 0.408 e. The minimum Gasteiger partial charge on any atom is -0.467 e. The first-order valence-corrected chi connectivity index (χ1v) is 10.2. The molecule has 0 unspecified atom stereocenters. The van der Waals surface area contributed by atoms with Crippen LogP contribution in [0.3, 0.4) is 0 Å². The summed E-state index contributed by atoms with van der Waals surface area (Å²) in [6.07, 6.45) is 1.09. The summed E-state index contributed by atoms with van der Waals surface area (Å²) in [5.74, 6) is -0.483. The van der Waals surface area contributed by atoms with E-state index in [1.807, 2.05) is 0 Å². The molecule has 6 heteroatoms. The number of hydrogen-bond acceptors (Lipinski definition) is 4. The van der Waals surface area contributed by atoms with Crippen molar-refractivity contribution in [2.75, 3.05) is 7.11 Å². The van der Waals surface area contributed by atoms with Gasteiger partial charge in [0, 0.05) is 5.54 Å². The lowest BCUT2D eigenvalue weighted by Crippen LogP contribution is -2.51. The highest BCUT2D eigenvalue weighted by Crippen LogP contribution is 2.27. The fourth-order valence-electron chi connectivity index (χ4n) is 1.85. The van der Waals surface area contributed by atoms with Gasteiger partial charge in [0.1, 0.15) is 11.6 Å². The third-order valence-electron chi connectivity index (χ3n) is 2.74. The van der Waals surface area contributed by atoms with Crippen LogP contribution in [0.2, 0.25) is 25.2 Å². The second kappa shape index (κ2) is 6.92. The van der Waals surface area contributed by atoms with Crippen LogP contribution in [0, 0.1) is 0 Å². The molecule has 1 N–H and O–H groups in total. The van der Waals surface area contributed by atoms with Crippen LogP contribution in [0.5, 0.6) is 0 Å². The van der Waals surface area contributed by atoms with Crippen LogP contribution in [0.4, 0.5) is 4.79 Å². The lowest BCUT2D eigenvalue weighted by Gasteiger charge is -2.32. The molecule has 0 aliphatic rings. The maximum Gasteiger partial charge on any atom is 0.408 e. The average molecular weight is 301 g/mol. The summed E-state index contributed by atoms with van der Waals surface area (Å²) in [5, 5.41) is 2.61. The highest BCUT2D eigenvalue weighted by atomic mass is 28.3. The third kappa shape index (κ3) is 6.23. The van der Waals surface area contributed by atoms with Crippen LogP contribution >= 0.6 is 0 Å². The minimum absolute atomic E-state index is 0.137. The van der Waals surface area contributed by atoms with Gasteiger partial charge in [-0.3, -0.25) is 0 Å². The third-order valence-corrected chi connectivity index (χ3v) is 5.31. The zero-order valence-corrected chi connectivity index (χ0v) is 14.6. The van der Waals surface area contributed by atoms with Crippen LogP contribution in [0.25, 0.3) is 0 Å². The maximum absolute atomic E-state index is 11.9. The van der Waals surface area contributed by atoms with E-state index in [-0.39, 0.29) is 5.54 Å². The van der Waals surface area contributed by atoms with Crippen molar-refractivity contribution < 1.29 is 19.1 Å². The molecule has 0 aromatic rings. The zero-order chi connectivity index (χ0) is 16.1. The maximum atomic E-state index is 11.9.